The van der Waals surface area contributed by atoms with Gasteiger partial charge in [0, 0.05) is 12.1 Å². The van der Waals surface area contributed by atoms with Crippen molar-refractivity contribution in [3.05, 3.63) is 29.8 Å². The smallest absolute Gasteiger partial charge is 0.339 e. The van der Waals surface area contributed by atoms with Crippen LogP contribution in [0, 0.1) is 5.41 Å². The van der Waals surface area contributed by atoms with Crippen molar-refractivity contribution >= 4 is 5.97 Å². The average Bonchev–Trinajstić information content (AvgIpc) is 2.32. The molecule has 2 N–H and O–H groups in total. The summed E-state index contributed by atoms with van der Waals surface area (Å²) in [5.74, 6) is -0.549. The fourth-order valence-electron chi connectivity index (χ4n) is 2.71. The van der Waals surface area contributed by atoms with Crippen LogP contribution in [-0.4, -0.2) is 29.8 Å². The van der Waals surface area contributed by atoms with E-state index >= 15 is 0 Å². The topological polar surface area (TPSA) is 58.6 Å². The predicted octanol–water partition coefficient (Wildman–Crippen LogP) is 3.57. The van der Waals surface area contributed by atoms with E-state index in [0.29, 0.717) is 18.9 Å². The van der Waals surface area contributed by atoms with Gasteiger partial charge in [0.1, 0.15) is 17.9 Å². The molecule has 1 aromatic rings. The maximum absolute atomic E-state index is 11.1. The minimum atomic E-state index is -0.966. The number of carboxylic acid groups (broad SMARTS) is 1. The monoisotopic (exact) mass is 293 g/mol. The third kappa shape index (κ3) is 6.63. The number of aromatic carboxylic acids is 1. The van der Waals surface area contributed by atoms with Crippen LogP contribution in [0.4, 0.5) is 0 Å². The predicted molar refractivity (Wildman–Crippen MR) is 85.1 cm³/mol. The van der Waals surface area contributed by atoms with Gasteiger partial charge in [0.25, 0.3) is 0 Å². The van der Waals surface area contributed by atoms with E-state index in [4.69, 9.17) is 9.84 Å². The van der Waals surface area contributed by atoms with Crippen molar-refractivity contribution in [1.82, 2.24) is 5.32 Å². The fraction of sp³-hybridized carbons (Fsp3) is 0.588. The number of para-hydroxylation sites is 1. The van der Waals surface area contributed by atoms with E-state index in [1.807, 2.05) is 0 Å². The van der Waals surface area contributed by atoms with Crippen molar-refractivity contribution in [3.8, 4) is 5.75 Å². The minimum absolute atomic E-state index is 0.0218. The standard InChI is InChI=1S/C17H27NO3/c1-16(2,3)12-17(4,5)18-10-11-21-14-9-7-6-8-13(14)15(19)20/h6-9,18H,10-12H2,1-5H3,(H,19,20). The minimum Gasteiger partial charge on any atom is -0.491 e. The molecule has 0 saturated carbocycles. The summed E-state index contributed by atoms with van der Waals surface area (Å²) in [4.78, 5) is 11.1. The summed E-state index contributed by atoms with van der Waals surface area (Å²) in [5, 5.41) is 12.5. The molecule has 0 atom stereocenters. The van der Waals surface area contributed by atoms with Gasteiger partial charge in [-0.1, -0.05) is 32.9 Å². The van der Waals surface area contributed by atoms with Crippen molar-refractivity contribution in [2.45, 2.75) is 46.6 Å². The van der Waals surface area contributed by atoms with Crippen LogP contribution in [0.5, 0.6) is 5.75 Å². The third-order valence-electron chi connectivity index (χ3n) is 3.05. The number of hydrogen-bond acceptors (Lipinski definition) is 3. The Morgan fingerprint density at radius 1 is 1.19 bits per heavy atom. The summed E-state index contributed by atoms with van der Waals surface area (Å²) in [6.07, 6.45) is 1.05. The van der Waals surface area contributed by atoms with Gasteiger partial charge >= 0.3 is 5.97 Å². The molecular weight excluding hydrogens is 266 g/mol. The SMILES string of the molecule is CC(C)(C)CC(C)(C)NCCOc1ccccc1C(=O)O. The molecule has 118 valence electrons. The zero-order valence-corrected chi connectivity index (χ0v) is 13.7. The molecule has 4 nitrogen and oxygen atoms in total. The molecule has 1 aromatic carbocycles. The summed E-state index contributed by atoms with van der Waals surface area (Å²) < 4.78 is 5.58. The van der Waals surface area contributed by atoms with Crippen LogP contribution < -0.4 is 10.1 Å². The zero-order chi connectivity index (χ0) is 16.1. The first-order valence-electron chi connectivity index (χ1n) is 7.31. The van der Waals surface area contributed by atoms with Crippen molar-refractivity contribution in [2.75, 3.05) is 13.2 Å². The van der Waals surface area contributed by atoms with Gasteiger partial charge in [0.15, 0.2) is 0 Å². The van der Waals surface area contributed by atoms with E-state index in [-0.39, 0.29) is 16.5 Å². The molecule has 0 unspecified atom stereocenters. The summed E-state index contributed by atoms with van der Waals surface area (Å²) in [6, 6.07) is 6.71. The van der Waals surface area contributed by atoms with Crippen molar-refractivity contribution < 1.29 is 14.6 Å². The Balaban J connectivity index is 2.46. The molecule has 0 radical (unpaired) electrons. The molecule has 0 bridgehead atoms. The van der Waals surface area contributed by atoms with Gasteiger partial charge in [-0.2, -0.15) is 0 Å². The van der Waals surface area contributed by atoms with Gasteiger partial charge in [-0.3, -0.25) is 0 Å². The Morgan fingerprint density at radius 3 is 2.38 bits per heavy atom. The molecule has 0 amide bonds. The van der Waals surface area contributed by atoms with Crippen LogP contribution in [0.1, 0.15) is 51.4 Å². The Morgan fingerprint density at radius 2 is 1.81 bits per heavy atom. The summed E-state index contributed by atoms with van der Waals surface area (Å²) in [7, 11) is 0. The molecule has 0 fully saturated rings. The number of ether oxygens (including phenoxy) is 1. The van der Waals surface area contributed by atoms with Gasteiger partial charge in [0.2, 0.25) is 0 Å². The Kier molecular flexibility index (Phi) is 5.78. The lowest BCUT2D eigenvalue weighted by Gasteiger charge is -2.33. The summed E-state index contributed by atoms with van der Waals surface area (Å²) >= 11 is 0. The average molecular weight is 293 g/mol. The lowest BCUT2D eigenvalue weighted by atomic mass is 9.82. The van der Waals surface area contributed by atoms with E-state index < -0.39 is 5.97 Å². The van der Waals surface area contributed by atoms with Gasteiger partial charge in [0.05, 0.1) is 0 Å². The molecule has 1 rings (SSSR count). The van der Waals surface area contributed by atoms with Crippen molar-refractivity contribution in [3.63, 3.8) is 0 Å². The summed E-state index contributed by atoms with van der Waals surface area (Å²) in [5.41, 5.74) is 0.479. The van der Waals surface area contributed by atoms with Crippen LogP contribution in [0.15, 0.2) is 24.3 Å². The maximum atomic E-state index is 11.1. The molecule has 0 aliphatic heterocycles. The fourth-order valence-corrected chi connectivity index (χ4v) is 2.71. The van der Waals surface area contributed by atoms with Crippen LogP contribution >= 0.6 is 0 Å². The second kappa shape index (κ2) is 6.94. The second-order valence-electron chi connectivity index (χ2n) is 7.20. The Bertz CT molecular complexity index is 475. The third-order valence-corrected chi connectivity index (χ3v) is 3.05. The zero-order valence-electron chi connectivity index (χ0n) is 13.7. The second-order valence-corrected chi connectivity index (χ2v) is 7.20. The van der Waals surface area contributed by atoms with E-state index in [1.54, 1.807) is 24.3 Å². The highest BCUT2D eigenvalue weighted by Crippen LogP contribution is 2.26. The Hall–Kier alpha value is -1.55. The van der Waals surface area contributed by atoms with Crippen molar-refractivity contribution in [2.24, 2.45) is 5.41 Å². The van der Waals surface area contributed by atoms with Crippen LogP contribution in [0.25, 0.3) is 0 Å². The van der Waals surface area contributed by atoms with Crippen LogP contribution in [-0.2, 0) is 0 Å². The number of hydrogen-bond donors (Lipinski definition) is 2. The van der Waals surface area contributed by atoms with Crippen LogP contribution in [0.2, 0.25) is 0 Å². The molecule has 0 saturated heterocycles. The molecule has 0 aliphatic carbocycles. The van der Waals surface area contributed by atoms with E-state index in [0.717, 1.165) is 6.42 Å². The first kappa shape index (κ1) is 17.5. The molecule has 21 heavy (non-hydrogen) atoms. The first-order valence-corrected chi connectivity index (χ1v) is 7.31. The largest absolute Gasteiger partial charge is 0.491 e. The Labute approximate surface area is 127 Å². The number of carboxylic acids is 1. The number of carbonyl (C=O) groups is 1. The molecular formula is C17H27NO3. The summed E-state index contributed by atoms with van der Waals surface area (Å²) in [6.45, 7) is 12.1. The number of benzene rings is 1. The molecule has 4 heteroatoms. The van der Waals surface area contributed by atoms with Crippen LogP contribution in [0.3, 0.4) is 0 Å². The number of rotatable bonds is 7. The molecule has 0 aliphatic rings. The van der Waals surface area contributed by atoms with Gasteiger partial charge < -0.3 is 15.2 Å². The quantitative estimate of drug-likeness (QED) is 0.755. The van der Waals surface area contributed by atoms with Gasteiger partial charge in [-0.15, -0.1) is 0 Å². The lowest BCUT2D eigenvalue weighted by Crippen LogP contribution is -2.44. The van der Waals surface area contributed by atoms with E-state index in [2.05, 4.69) is 39.9 Å². The highest BCUT2D eigenvalue weighted by molar-refractivity contribution is 5.90. The van der Waals surface area contributed by atoms with E-state index in [1.165, 1.54) is 0 Å². The lowest BCUT2D eigenvalue weighted by molar-refractivity contribution is 0.0692. The van der Waals surface area contributed by atoms with Crippen molar-refractivity contribution in [1.29, 1.82) is 0 Å². The van der Waals surface area contributed by atoms with Gasteiger partial charge in [-0.25, -0.2) is 4.79 Å². The molecule has 0 aromatic heterocycles. The normalized spacial score (nSPS) is 12.2. The highest BCUT2D eigenvalue weighted by atomic mass is 16.5. The molecule has 0 spiro atoms. The number of nitrogens with one attached hydrogen (secondary N) is 1. The maximum Gasteiger partial charge on any atom is 0.339 e. The van der Waals surface area contributed by atoms with E-state index in [9.17, 15) is 4.79 Å². The molecule has 0 heterocycles. The van der Waals surface area contributed by atoms with Gasteiger partial charge in [-0.05, 0) is 37.8 Å². The highest BCUT2D eigenvalue weighted by Gasteiger charge is 2.24. The first-order chi connectivity index (χ1) is 9.61.